The lowest BCUT2D eigenvalue weighted by Gasteiger charge is -2.29. The van der Waals surface area contributed by atoms with E-state index in [1.807, 2.05) is 69.3 Å². The Morgan fingerprint density at radius 2 is 1.74 bits per heavy atom. The molecule has 1 heterocycles. The Labute approximate surface area is 216 Å². The molecule has 0 saturated carbocycles. The average molecular weight is 515 g/mol. The summed E-state index contributed by atoms with van der Waals surface area (Å²) in [6.45, 7) is 14.4. The summed E-state index contributed by atoms with van der Waals surface area (Å²) in [7, 11) is 3.40. The molecular weight excluding hydrogens is 481 g/mol. The molecule has 0 spiro atoms. The van der Waals surface area contributed by atoms with Gasteiger partial charge in [0, 0.05) is 28.9 Å². The van der Waals surface area contributed by atoms with Gasteiger partial charge in [-0.15, -0.1) is 11.8 Å². The summed E-state index contributed by atoms with van der Waals surface area (Å²) >= 11 is 1.42. The third-order valence-electron chi connectivity index (χ3n) is 5.34. The Morgan fingerprint density at radius 3 is 2.35 bits per heavy atom. The van der Waals surface area contributed by atoms with Crippen molar-refractivity contribution >= 4 is 44.0 Å². The number of nitriles is 1. The van der Waals surface area contributed by atoms with Gasteiger partial charge in [-0.05, 0) is 76.0 Å². The van der Waals surface area contributed by atoms with E-state index in [0.29, 0.717) is 13.0 Å². The van der Waals surface area contributed by atoms with Crippen molar-refractivity contribution in [2.75, 3.05) is 6.61 Å². The van der Waals surface area contributed by atoms with Crippen molar-refractivity contribution in [2.24, 2.45) is 0 Å². The van der Waals surface area contributed by atoms with E-state index < -0.39 is 10.3 Å². The molecule has 0 aliphatic heterocycles. The lowest BCUT2D eigenvalue weighted by molar-refractivity contribution is -0.140. The van der Waals surface area contributed by atoms with Crippen molar-refractivity contribution in [3.8, 4) is 6.07 Å². The van der Waals surface area contributed by atoms with Crippen LogP contribution < -0.4 is 0 Å². The Morgan fingerprint density at radius 1 is 1.06 bits per heavy atom. The van der Waals surface area contributed by atoms with E-state index in [4.69, 9.17) is 4.74 Å². The lowest BCUT2D eigenvalue weighted by Crippen LogP contribution is -2.37. The Bertz CT molecular complexity index is 988. The first kappa shape index (κ1) is 28.5. The standard InChI is InChI=1S/C27H34N2O2S3/c1-21(22-12-8-7-9-13-22)32-27(6,20-28)16-15-23(30)26(4,5)31-19-17-25(2,3)34-33-24-14-10-11-18-29-24/h7-14,18H,1,15-17,19H2,2-6H3. The van der Waals surface area contributed by atoms with Crippen LogP contribution in [-0.4, -0.2) is 32.5 Å². The largest absolute Gasteiger partial charge is 0.368 e. The number of hydrogen-bond acceptors (Lipinski definition) is 7. The molecule has 182 valence electrons. The van der Waals surface area contributed by atoms with Crippen molar-refractivity contribution in [3.05, 3.63) is 66.9 Å². The number of Topliss-reactive ketones (excluding diaryl/α,β-unsaturated/α-hetero) is 1. The highest BCUT2D eigenvalue weighted by Crippen LogP contribution is 2.42. The van der Waals surface area contributed by atoms with Crippen LogP contribution in [0.1, 0.15) is 59.4 Å². The summed E-state index contributed by atoms with van der Waals surface area (Å²) < 4.78 is 5.26. The fraction of sp³-hybridized carbons (Fsp3) is 0.444. The van der Waals surface area contributed by atoms with Gasteiger partial charge in [-0.2, -0.15) is 5.26 Å². The summed E-state index contributed by atoms with van der Waals surface area (Å²) in [5.74, 6) is 0.00761. The van der Waals surface area contributed by atoms with Gasteiger partial charge in [0.1, 0.15) is 15.4 Å². The Balaban J connectivity index is 1.82. The second-order valence-electron chi connectivity index (χ2n) is 9.36. The first-order valence-electron chi connectivity index (χ1n) is 11.2. The average Bonchev–Trinajstić information content (AvgIpc) is 2.82. The summed E-state index contributed by atoms with van der Waals surface area (Å²) in [6, 6.07) is 18.1. The molecule has 2 rings (SSSR count). The van der Waals surface area contributed by atoms with Gasteiger partial charge in [0.25, 0.3) is 0 Å². The monoisotopic (exact) mass is 514 g/mol. The topological polar surface area (TPSA) is 63.0 Å². The number of ketones is 1. The fourth-order valence-corrected chi connectivity index (χ4v) is 6.21. The number of carbonyl (C=O) groups excluding carboxylic acids is 1. The number of pyridine rings is 1. The van der Waals surface area contributed by atoms with Crippen molar-refractivity contribution in [3.63, 3.8) is 0 Å². The second-order valence-corrected chi connectivity index (χ2v) is 13.8. The Kier molecular flexibility index (Phi) is 10.8. The quantitative estimate of drug-likeness (QED) is 0.238. The molecule has 0 bridgehead atoms. The van der Waals surface area contributed by atoms with Gasteiger partial charge >= 0.3 is 0 Å². The molecule has 34 heavy (non-hydrogen) atoms. The highest BCUT2D eigenvalue weighted by Gasteiger charge is 2.33. The number of hydrogen-bond donors (Lipinski definition) is 0. The van der Waals surface area contributed by atoms with Crippen molar-refractivity contribution < 1.29 is 9.53 Å². The summed E-state index contributed by atoms with van der Waals surface area (Å²) in [6.07, 6.45) is 3.31. The van der Waals surface area contributed by atoms with Gasteiger partial charge in [0.2, 0.25) is 0 Å². The van der Waals surface area contributed by atoms with Crippen LogP contribution >= 0.6 is 33.3 Å². The van der Waals surface area contributed by atoms with Gasteiger partial charge in [-0.25, -0.2) is 4.98 Å². The SMILES string of the molecule is C=C(SC(C)(C#N)CCC(=O)C(C)(C)OCCC(C)(C)SSc1ccccn1)c1ccccc1. The Hall–Kier alpha value is -1.72. The van der Waals surface area contributed by atoms with Gasteiger partial charge in [0.05, 0.1) is 6.07 Å². The molecule has 4 nitrogen and oxygen atoms in total. The minimum Gasteiger partial charge on any atom is -0.368 e. The first-order chi connectivity index (χ1) is 16.0. The summed E-state index contributed by atoms with van der Waals surface area (Å²) in [5, 5.41) is 10.8. The number of nitrogens with zero attached hydrogens (tertiary/aromatic N) is 2. The van der Waals surface area contributed by atoms with Crippen LogP contribution in [0.4, 0.5) is 0 Å². The zero-order valence-electron chi connectivity index (χ0n) is 20.7. The molecule has 7 heteroatoms. The second kappa shape index (κ2) is 12.8. The third-order valence-corrected chi connectivity index (χ3v) is 9.83. The van der Waals surface area contributed by atoms with Crippen LogP contribution in [0.25, 0.3) is 4.91 Å². The predicted octanol–water partition coefficient (Wildman–Crippen LogP) is 7.82. The fourth-order valence-electron chi connectivity index (χ4n) is 2.96. The molecule has 2 aromatic rings. The maximum atomic E-state index is 13.0. The number of ether oxygens (including phenoxy) is 1. The van der Waals surface area contributed by atoms with Gasteiger partial charge in [-0.1, -0.05) is 53.8 Å². The first-order valence-corrected chi connectivity index (χ1v) is 14.2. The molecular formula is C27H34N2O2S3. The molecule has 0 radical (unpaired) electrons. The maximum absolute atomic E-state index is 13.0. The lowest BCUT2D eigenvalue weighted by atomic mass is 9.95. The zero-order chi connectivity index (χ0) is 25.2. The number of benzene rings is 1. The maximum Gasteiger partial charge on any atom is 0.164 e. The zero-order valence-corrected chi connectivity index (χ0v) is 23.1. The van der Waals surface area contributed by atoms with E-state index >= 15 is 0 Å². The van der Waals surface area contributed by atoms with Crippen LogP contribution in [-0.2, 0) is 9.53 Å². The minimum absolute atomic E-state index is 0.00761. The predicted molar refractivity (Wildman–Crippen MR) is 148 cm³/mol. The van der Waals surface area contributed by atoms with E-state index in [2.05, 4.69) is 31.5 Å². The van der Waals surface area contributed by atoms with Crippen molar-refractivity contribution in [1.29, 1.82) is 5.26 Å². The van der Waals surface area contributed by atoms with Crippen LogP contribution in [0.3, 0.4) is 0 Å². The van der Waals surface area contributed by atoms with E-state index in [9.17, 15) is 10.1 Å². The molecule has 1 aromatic carbocycles. The number of carbonyl (C=O) groups is 1. The smallest absolute Gasteiger partial charge is 0.164 e. The normalized spacial score (nSPS) is 13.6. The van der Waals surface area contributed by atoms with Crippen molar-refractivity contribution in [2.45, 2.75) is 74.0 Å². The van der Waals surface area contributed by atoms with E-state index in [-0.39, 0.29) is 17.0 Å². The van der Waals surface area contributed by atoms with Crippen molar-refractivity contribution in [1.82, 2.24) is 4.98 Å². The minimum atomic E-state index is -0.896. The van der Waals surface area contributed by atoms with Gasteiger partial charge in [-0.3, -0.25) is 4.79 Å². The van der Waals surface area contributed by atoms with Crippen LogP contribution in [0.2, 0.25) is 0 Å². The molecule has 0 saturated heterocycles. The van der Waals surface area contributed by atoms with Crippen LogP contribution in [0, 0.1) is 11.3 Å². The van der Waals surface area contributed by atoms with Gasteiger partial charge < -0.3 is 4.74 Å². The van der Waals surface area contributed by atoms with Crippen LogP contribution in [0.5, 0.6) is 0 Å². The molecule has 0 fully saturated rings. The highest BCUT2D eigenvalue weighted by molar-refractivity contribution is 8.77. The number of thioether (sulfide) groups is 1. The van der Waals surface area contributed by atoms with E-state index in [1.165, 1.54) is 11.8 Å². The summed E-state index contributed by atoms with van der Waals surface area (Å²) in [4.78, 5) is 18.1. The molecule has 0 amide bonds. The molecule has 1 aromatic heterocycles. The third kappa shape index (κ3) is 9.50. The summed E-state index contributed by atoms with van der Waals surface area (Å²) in [5.41, 5.74) is 0.0949. The molecule has 1 atom stereocenters. The molecule has 0 aliphatic rings. The molecule has 1 unspecified atom stereocenters. The number of rotatable bonds is 14. The molecule has 0 aliphatic carbocycles. The molecule has 0 N–H and O–H groups in total. The number of aromatic nitrogens is 1. The van der Waals surface area contributed by atoms with Crippen LogP contribution in [0.15, 0.2) is 66.3 Å². The van der Waals surface area contributed by atoms with E-state index in [0.717, 1.165) is 21.9 Å². The van der Waals surface area contributed by atoms with Gasteiger partial charge in [0.15, 0.2) is 5.78 Å². The highest BCUT2D eigenvalue weighted by atomic mass is 33.1. The van der Waals surface area contributed by atoms with E-state index in [1.54, 1.807) is 27.8 Å².